The molecule has 0 unspecified atom stereocenters. The summed E-state index contributed by atoms with van der Waals surface area (Å²) in [5.41, 5.74) is 7.91. The lowest BCUT2D eigenvalue weighted by Crippen LogP contribution is -1.86. The van der Waals surface area contributed by atoms with Gasteiger partial charge in [-0.3, -0.25) is 0 Å². The van der Waals surface area contributed by atoms with Gasteiger partial charge >= 0.3 is 0 Å². The highest BCUT2D eigenvalue weighted by Crippen LogP contribution is 2.32. The Morgan fingerprint density at radius 1 is 1.38 bits per heavy atom. The molecule has 0 aliphatic heterocycles. The van der Waals surface area contributed by atoms with Crippen molar-refractivity contribution in [1.82, 2.24) is 0 Å². The van der Waals surface area contributed by atoms with E-state index in [-0.39, 0.29) is 0 Å². The van der Waals surface area contributed by atoms with Crippen LogP contribution in [0, 0.1) is 2.88 Å². The lowest BCUT2D eigenvalue weighted by molar-refractivity contribution is 1.50. The molecule has 13 heavy (non-hydrogen) atoms. The number of halogens is 2. The van der Waals surface area contributed by atoms with Gasteiger partial charge in [0.25, 0.3) is 0 Å². The molecule has 2 N–H and O–H groups in total. The Morgan fingerprint density at radius 2 is 2.15 bits per heavy atom. The number of fused-ring (bicyclic) bond motifs is 1. The van der Waals surface area contributed by atoms with Gasteiger partial charge in [0.15, 0.2) is 0 Å². The molecule has 1 heterocycles. The Morgan fingerprint density at radius 3 is 2.85 bits per heavy atom. The molecule has 2 rings (SSSR count). The highest BCUT2D eigenvalue weighted by Gasteiger charge is 2.05. The van der Waals surface area contributed by atoms with Gasteiger partial charge < -0.3 is 5.73 Å². The van der Waals surface area contributed by atoms with Crippen LogP contribution in [0.25, 0.3) is 10.1 Å². The van der Waals surface area contributed by atoms with E-state index < -0.39 is 0 Å². The van der Waals surface area contributed by atoms with E-state index in [0.717, 1.165) is 11.0 Å². The molecule has 1 aromatic carbocycles. The quantitative estimate of drug-likeness (QED) is 0.460. The van der Waals surface area contributed by atoms with Crippen LogP contribution in [0.2, 0.25) is 0 Å². The van der Waals surface area contributed by atoms with Crippen molar-refractivity contribution >= 4 is 65.6 Å². The molecule has 0 saturated heterocycles. The number of hydrogen-bond donors (Lipinski definition) is 1. The number of nitrogens with two attached hydrogens (primary N) is 1. The molecule has 1 nitrogen and oxygen atoms in total. The first-order chi connectivity index (χ1) is 6.20. The van der Waals surface area contributed by atoms with E-state index in [9.17, 15) is 0 Å². The molecular formula is C9H7BrINS. The number of benzene rings is 1. The standard InChI is InChI=1S/C9H7BrINS/c10-4-5-1-6(12)2-8-7(5)3-9(11)13-8/h1-3H,4,12H2. The van der Waals surface area contributed by atoms with Crippen LogP contribution in [0.3, 0.4) is 0 Å². The molecule has 0 radical (unpaired) electrons. The predicted molar refractivity (Wildman–Crippen MR) is 71.6 cm³/mol. The minimum absolute atomic E-state index is 0.847. The Kier molecular flexibility index (Phi) is 2.80. The number of alkyl halides is 1. The summed E-state index contributed by atoms with van der Waals surface area (Å²) in [6.07, 6.45) is 0. The normalized spacial score (nSPS) is 10.9. The zero-order chi connectivity index (χ0) is 9.42. The smallest absolute Gasteiger partial charge is 0.0666 e. The lowest BCUT2D eigenvalue weighted by Gasteiger charge is -2.00. The van der Waals surface area contributed by atoms with Crippen LogP contribution in [0.4, 0.5) is 5.69 Å². The molecule has 0 aliphatic rings. The Hall–Kier alpha value is 0.190. The summed E-state index contributed by atoms with van der Waals surface area (Å²) in [4.78, 5) is 0. The van der Waals surface area contributed by atoms with Gasteiger partial charge in [-0.1, -0.05) is 15.9 Å². The van der Waals surface area contributed by atoms with Crippen molar-refractivity contribution in [2.45, 2.75) is 5.33 Å². The summed E-state index contributed by atoms with van der Waals surface area (Å²) < 4.78 is 2.58. The van der Waals surface area contributed by atoms with Crippen molar-refractivity contribution in [3.8, 4) is 0 Å². The van der Waals surface area contributed by atoms with Crippen LogP contribution in [-0.4, -0.2) is 0 Å². The maximum Gasteiger partial charge on any atom is 0.0666 e. The first-order valence-electron chi connectivity index (χ1n) is 3.74. The van der Waals surface area contributed by atoms with E-state index >= 15 is 0 Å². The molecule has 2 aromatic rings. The average Bonchev–Trinajstić information content (AvgIpc) is 2.43. The Labute approximate surface area is 103 Å². The van der Waals surface area contributed by atoms with E-state index in [1.807, 2.05) is 12.1 Å². The van der Waals surface area contributed by atoms with Gasteiger partial charge in [0, 0.05) is 15.7 Å². The fourth-order valence-electron chi connectivity index (χ4n) is 1.31. The summed E-state index contributed by atoms with van der Waals surface area (Å²) in [5, 5.41) is 2.18. The van der Waals surface area contributed by atoms with Crippen molar-refractivity contribution in [3.63, 3.8) is 0 Å². The number of nitrogen functional groups attached to an aromatic ring is 1. The van der Waals surface area contributed by atoms with Crippen molar-refractivity contribution in [3.05, 3.63) is 26.6 Å². The van der Waals surface area contributed by atoms with E-state index in [1.54, 1.807) is 11.3 Å². The maximum absolute atomic E-state index is 5.79. The third-order valence-corrected chi connectivity index (χ3v) is 4.31. The average molecular weight is 368 g/mol. The largest absolute Gasteiger partial charge is 0.399 e. The van der Waals surface area contributed by atoms with Gasteiger partial charge in [0.05, 0.1) is 2.88 Å². The van der Waals surface area contributed by atoms with E-state index in [4.69, 9.17) is 5.73 Å². The molecule has 1 aromatic heterocycles. The van der Waals surface area contributed by atoms with E-state index in [0.29, 0.717) is 0 Å². The molecular weight excluding hydrogens is 361 g/mol. The van der Waals surface area contributed by atoms with Crippen molar-refractivity contribution in [1.29, 1.82) is 0 Å². The van der Waals surface area contributed by atoms with E-state index in [2.05, 4.69) is 44.6 Å². The predicted octanol–water partition coefficient (Wildman–Crippen LogP) is 3.98. The van der Waals surface area contributed by atoms with Gasteiger partial charge in [0.2, 0.25) is 0 Å². The second kappa shape index (κ2) is 3.74. The van der Waals surface area contributed by atoms with Crippen LogP contribution in [-0.2, 0) is 5.33 Å². The number of anilines is 1. The van der Waals surface area contributed by atoms with Crippen molar-refractivity contribution in [2.75, 3.05) is 5.73 Å². The molecule has 0 fully saturated rings. The summed E-state index contributed by atoms with van der Waals surface area (Å²) >= 11 is 7.59. The van der Waals surface area contributed by atoms with Crippen LogP contribution < -0.4 is 5.73 Å². The van der Waals surface area contributed by atoms with Crippen LogP contribution in [0.5, 0.6) is 0 Å². The summed E-state index contributed by atoms with van der Waals surface area (Å²) in [5.74, 6) is 0. The highest BCUT2D eigenvalue weighted by molar-refractivity contribution is 14.1. The highest BCUT2D eigenvalue weighted by atomic mass is 127. The minimum atomic E-state index is 0.847. The van der Waals surface area contributed by atoms with Crippen molar-refractivity contribution in [2.24, 2.45) is 0 Å². The summed E-state index contributed by atoms with van der Waals surface area (Å²) in [7, 11) is 0. The fraction of sp³-hybridized carbons (Fsp3) is 0.111. The van der Waals surface area contributed by atoms with Crippen LogP contribution >= 0.6 is 49.9 Å². The second-order valence-corrected chi connectivity index (χ2v) is 6.31. The van der Waals surface area contributed by atoms with Crippen molar-refractivity contribution < 1.29 is 0 Å². The summed E-state index contributed by atoms with van der Waals surface area (Å²) in [6, 6.07) is 6.27. The molecule has 0 bridgehead atoms. The third kappa shape index (κ3) is 1.85. The minimum Gasteiger partial charge on any atom is -0.399 e. The molecule has 68 valence electrons. The Bertz CT molecular complexity index is 452. The SMILES string of the molecule is Nc1cc(CBr)c2cc(I)sc2c1. The lowest BCUT2D eigenvalue weighted by atomic mass is 10.1. The molecule has 0 amide bonds. The van der Waals surface area contributed by atoms with Gasteiger partial charge in [-0.05, 0) is 51.7 Å². The number of rotatable bonds is 1. The maximum atomic E-state index is 5.79. The first-order valence-corrected chi connectivity index (χ1v) is 6.76. The first kappa shape index (κ1) is 9.73. The number of hydrogen-bond acceptors (Lipinski definition) is 2. The number of thiophene rings is 1. The monoisotopic (exact) mass is 367 g/mol. The van der Waals surface area contributed by atoms with Crippen LogP contribution in [0.15, 0.2) is 18.2 Å². The molecule has 0 atom stereocenters. The van der Waals surface area contributed by atoms with Gasteiger partial charge in [0.1, 0.15) is 0 Å². The zero-order valence-corrected chi connectivity index (χ0v) is 11.2. The summed E-state index contributed by atoms with van der Waals surface area (Å²) in [6.45, 7) is 0. The van der Waals surface area contributed by atoms with Gasteiger partial charge in [-0.15, -0.1) is 11.3 Å². The van der Waals surface area contributed by atoms with Gasteiger partial charge in [-0.25, -0.2) is 0 Å². The van der Waals surface area contributed by atoms with Gasteiger partial charge in [-0.2, -0.15) is 0 Å². The molecule has 0 aliphatic carbocycles. The third-order valence-electron chi connectivity index (χ3n) is 1.86. The molecule has 0 spiro atoms. The second-order valence-electron chi connectivity index (χ2n) is 2.78. The van der Waals surface area contributed by atoms with E-state index in [1.165, 1.54) is 18.5 Å². The Balaban J connectivity index is 2.80. The topological polar surface area (TPSA) is 26.0 Å². The zero-order valence-electron chi connectivity index (χ0n) is 6.68. The molecule has 0 saturated carbocycles. The van der Waals surface area contributed by atoms with Crippen LogP contribution in [0.1, 0.15) is 5.56 Å². The molecule has 4 heteroatoms. The fourth-order valence-corrected chi connectivity index (χ4v) is 3.68.